The number of ether oxygens (including phenoxy) is 1. The van der Waals surface area contributed by atoms with Gasteiger partial charge in [-0.2, -0.15) is 13.2 Å². The Morgan fingerprint density at radius 3 is 2.41 bits per heavy atom. The Bertz CT molecular complexity index is 492. The highest BCUT2D eigenvalue weighted by atomic mass is 19.4. The van der Waals surface area contributed by atoms with Gasteiger partial charge in [-0.3, -0.25) is 4.79 Å². The number of alkyl halides is 3. The molecule has 22 heavy (non-hydrogen) atoms. The SMILES string of the molecule is COC1(CC(=O)N[C@@H](Cc2ccccc2)C(F)(F)F)CCC1. The van der Waals surface area contributed by atoms with Crippen LogP contribution in [0.15, 0.2) is 30.3 Å². The van der Waals surface area contributed by atoms with Gasteiger partial charge in [0.15, 0.2) is 0 Å². The van der Waals surface area contributed by atoms with Crippen molar-refractivity contribution in [3.63, 3.8) is 0 Å². The van der Waals surface area contributed by atoms with Gasteiger partial charge in [0.25, 0.3) is 0 Å². The second-order valence-corrected chi connectivity index (χ2v) is 5.77. The van der Waals surface area contributed by atoms with Crippen molar-refractivity contribution in [3.05, 3.63) is 35.9 Å². The molecule has 1 fully saturated rings. The Morgan fingerprint density at radius 1 is 1.32 bits per heavy atom. The van der Waals surface area contributed by atoms with E-state index in [0.29, 0.717) is 18.4 Å². The quantitative estimate of drug-likeness (QED) is 0.875. The first-order valence-electron chi connectivity index (χ1n) is 7.30. The summed E-state index contributed by atoms with van der Waals surface area (Å²) in [7, 11) is 1.50. The molecule has 1 amide bonds. The van der Waals surface area contributed by atoms with Crippen LogP contribution in [0.25, 0.3) is 0 Å². The lowest BCUT2D eigenvalue weighted by molar-refractivity contribution is -0.164. The molecule has 1 N–H and O–H groups in total. The zero-order valence-corrected chi connectivity index (χ0v) is 12.5. The van der Waals surface area contributed by atoms with Crippen LogP contribution in [0.5, 0.6) is 0 Å². The fourth-order valence-electron chi connectivity index (χ4n) is 2.66. The number of carbonyl (C=O) groups excluding carboxylic acids is 1. The first kappa shape index (κ1) is 16.8. The average Bonchev–Trinajstić information content (AvgIpc) is 2.42. The highest BCUT2D eigenvalue weighted by molar-refractivity contribution is 5.77. The van der Waals surface area contributed by atoms with E-state index >= 15 is 0 Å². The Kier molecular flexibility index (Phi) is 5.11. The van der Waals surface area contributed by atoms with Crippen molar-refractivity contribution in [2.24, 2.45) is 0 Å². The lowest BCUT2D eigenvalue weighted by Crippen LogP contribution is -2.50. The number of benzene rings is 1. The van der Waals surface area contributed by atoms with E-state index in [1.165, 1.54) is 7.11 Å². The second-order valence-electron chi connectivity index (χ2n) is 5.77. The fourth-order valence-corrected chi connectivity index (χ4v) is 2.66. The zero-order chi connectivity index (χ0) is 16.2. The monoisotopic (exact) mass is 315 g/mol. The number of methoxy groups -OCH3 is 1. The Labute approximate surface area is 127 Å². The van der Waals surface area contributed by atoms with Crippen LogP contribution < -0.4 is 5.32 Å². The lowest BCUT2D eigenvalue weighted by atomic mass is 9.77. The van der Waals surface area contributed by atoms with Crippen molar-refractivity contribution in [2.75, 3.05) is 7.11 Å². The fraction of sp³-hybridized carbons (Fsp3) is 0.562. The maximum atomic E-state index is 13.1. The third-order valence-electron chi connectivity index (χ3n) is 4.19. The highest BCUT2D eigenvalue weighted by Gasteiger charge is 2.43. The minimum absolute atomic E-state index is 0.0229. The largest absolute Gasteiger partial charge is 0.408 e. The molecule has 0 radical (unpaired) electrons. The van der Waals surface area contributed by atoms with Crippen LogP contribution in [0, 0.1) is 0 Å². The van der Waals surface area contributed by atoms with E-state index in [0.717, 1.165) is 6.42 Å². The van der Waals surface area contributed by atoms with Gasteiger partial charge in [0.05, 0.1) is 12.0 Å². The second kappa shape index (κ2) is 6.69. The van der Waals surface area contributed by atoms with Crippen LogP contribution in [-0.4, -0.2) is 30.8 Å². The summed E-state index contributed by atoms with van der Waals surface area (Å²) in [6.45, 7) is 0. The van der Waals surface area contributed by atoms with Crippen LogP contribution in [0.4, 0.5) is 13.2 Å². The van der Waals surface area contributed by atoms with Gasteiger partial charge in [0.2, 0.25) is 5.91 Å². The summed E-state index contributed by atoms with van der Waals surface area (Å²) in [6, 6.07) is 6.46. The third-order valence-corrected chi connectivity index (χ3v) is 4.19. The Morgan fingerprint density at radius 2 is 1.95 bits per heavy atom. The summed E-state index contributed by atoms with van der Waals surface area (Å²) in [5.74, 6) is -0.611. The summed E-state index contributed by atoms with van der Waals surface area (Å²) < 4.78 is 44.7. The van der Waals surface area contributed by atoms with E-state index in [2.05, 4.69) is 5.32 Å². The molecule has 1 aliphatic carbocycles. The molecule has 1 aliphatic rings. The molecule has 0 spiro atoms. The van der Waals surface area contributed by atoms with Crippen molar-refractivity contribution in [2.45, 2.75) is 49.9 Å². The number of hydrogen-bond donors (Lipinski definition) is 1. The van der Waals surface area contributed by atoms with Gasteiger partial charge < -0.3 is 10.1 Å². The summed E-state index contributed by atoms with van der Waals surface area (Å²) in [6.07, 6.45) is -2.40. The number of halogens is 3. The normalized spacial score (nSPS) is 18.4. The molecule has 1 saturated carbocycles. The van der Waals surface area contributed by atoms with Gasteiger partial charge in [-0.15, -0.1) is 0 Å². The van der Waals surface area contributed by atoms with E-state index in [1.54, 1.807) is 30.3 Å². The predicted molar refractivity (Wildman–Crippen MR) is 76.3 cm³/mol. The van der Waals surface area contributed by atoms with Crippen LogP contribution in [0.3, 0.4) is 0 Å². The number of hydrogen-bond acceptors (Lipinski definition) is 2. The number of nitrogens with one attached hydrogen (secondary N) is 1. The predicted octanol–water partition coefficient (Wildman–Crippen LogP) is 3.24. The van der Waals surface area contributed by atoms with E-state index in [-0.39, 0.29) is 12.8 Å². The van der Waals surface area contributed by atoms with Gasteiger partial charge >= 0.3 is 6.18 Å². The standard InChI is InChI=1S/C16H20F3NO2/c1-22-15(8-5-9-15)11-14(21)20-13(16(17,18)19)10-12-6-3-2-4-7-12/h2-4,6-7,13H,5,8-11H2,1H3,(H,20,21)/t13-/m0/s1. The molecule has 0 bridgehead atoms. The molecule has 1 aromatic rings. The molecule has 0 aromatic heterocycles. The van der Waals surface area contributed by atoms with Gasteiger partial charge in [0.1, 0.15) is 6.04 Å². The summed E-state index contributed by atoms with van der Waals surface area (Å²) in [5, 5.41) is 2.12. The maximum absolute atomic E-state index is 13.1. The molecule has 122 valence electrons. The van der Waals surface area contributed by atoms with Gasteiger partial charge in [0, 0.05) is 13.5 Å². The Hall–Kier alpha value is -1.56. The number of amides is 1. The molecule has 1 aromatic carbocycles. The van der Waals surface area contributed by atoms with Gasteiger partial charge in [-0.05, 0) is 24.8 Å². The zero-order valence-electron chi connectivity index (χ0n) is 12.5. The van der Waals surface area contributed by atoms with Crippen LogP contribution in [0.2, 0.25) is 0 Å². The summed E-state index contributed by atoms with van der Waals surface area (Å²) in [4.78, 5) is 12.0. The molecule has 3 nitrogen and oxygen atoms in total. The van der Waals surface area contributed by atoms with Crippen molar-refractivity contribution in [3.8, 4) is 0 Å². The van der Waals surface area contributed by atoms with Crippen LogP contribution in [-0.2, 0) is 16.0 Å². The molecule has 6 heteroatoms. The van der Waals surface area contributed by atoms with Crippen molar-refractivity contribution < 1.29 is 22.7 Å². The molecule has 0 unspecified atom stereocenters. The molecule has 1 atom stereocenters. The number of carbonyl (C=O) groups is 1. The highest BCUT2D eigenvalue weighted by Crippen LogP contribution is 2.38. The smallest absolute Gasteiger partial charge is 0.378 e. The maximum Gasteiger partial charge on any atom is 0.408 e. The van der Waals surface area contributed by atoms with Gasteiger partial charge in [-0.25, -0.2) is 0 Å². The first-order valence-corrected chi connectivity index (χ1v) is 7.30. The summed E-state index contributed by atoms with van der Waals surface area (Å²) >= 11 is 0. The van der Waals surface area contributed by atoms with E-state index in [4.69, 9.17) is 4.74 Å². The average molecular weight is 315 g/mol. The summed E-state index contributed by atoms with van der Waals surface area (Å²) in [5.41, 5.74) is -0.0392. The van der Waals surface area contributed by atoms with E-state index in [1.807, 2.05) is 0 Å². The van der Waals surface area contributed by atoms with E-state index in [9.17, 15) is 18.0 Å². The van der Waals surface area contributed by atoms with Crippen molar-refractivity contribution >= 4 is 5.91 Å². The Balaban J connectivity index is 1.99. The third kappa shape index (κ3) is 4.22. The van der Waals surface area contributed by atoms with Crippen molar-refractivity contribution in [1.82, 2.24) is 5.32 Å². The van der Waals surface area contributed by atoms with Crippen LogP contribution >= 0.6 is 0 Å². The van der Waals surface area contributed by atoms with Crippen LogP contribution in [0.1, 0.15) is 31.2 Å². The molecular weight excluding hydrogens is 295 g/mol. The lowest BCUT2D eigenvalue weighted by Gasteiger charge is -2.40. The molecule has 0 aliphatic heterocycles. The minimum Gasteiger partial charge on any atom is -0.378 e. The topological polar surface area (TPSA) is 38.3 Å². The minimum atomic E-state index is -4.48. The van der Waals surface area contributed by atoms with Gasteiger partial charge in [-0.1, -0.05) is 30.3 Å². The molecule has 0 saturated heterocycles. The van der Waals surface area contributed by atoms with Crippen molar-refractivity contribution in [1.29, 1.82) is 0 Å². The molecule has 2 rings (SSSR count). The van der Waals surface area contributed by atoms with E-state index < -0.39 is 23.7 Å². The number of rotatable bonds is 6. The molecule has 0 heterocycles. The molecular formula is C16H20F3NO2. The first-order chi connectivity index (χ1) is 10.3.